The Morgan fingerprint density at radius 1 is 1.28 bits per heavy atom. The lowest BCUT2D eigenvalue weighted by Crippen LogP contribution is -2.49. The number of thiophene rings is 1. The first-order chi connectivity index (χ1) is 14.1. The summed E-state index contributed by atoms with van der Waals surface area (Å²) in [5.41, 5.74) is 0.606. The smallest absolute Gasteiger partial charge is 0.242 e. The SMILES string of the molecule is N#Cc1c(F)cccc1N1CCN(C(=O)Cn2c(-c3cccs3)n[nH]c2=S)CC1. The molecular weight excluding hydrogens is 411 g/mol. The molecule has 0 aliphatic carbocycles. The number of carbonyl (C=O) groups is 1. The molecule has 3 heterocycles. The van der Waals surface area contributed by atoms with Crippen LogP contribution in [0.15, 0.2) is 35.7 Å². The van der Waals surface area contributed by atoms with Crippen LogP contribution in [0.3, 0.4) is 0 Å². The maximum Gasteiger partial charge on any atom is 0.242 e. The number of hydrogen-bond donors (Lipinski definition) is 1. The van der Waals surface area contributed by atoms with E-state index in [4.69, 9.17) is 12.2 Å². The van der Waals surface area contributed by atoms with Crippen LogP contribution in [0.25, 0.3) is 10.7 Å². The number of aromatic nitrogens is 3. The number of H-pyrrole nitrogens is 1. The fourth-order valence-electron chi connectivity index (χ4n) is 3.38. The largest absolute Gasteiger partial charge is 0.367 e. The average Bonchev–Trinajstić information content (AvgIpc) is 3.38. The lowest BCUT2D eigenvalue weighted by molar-refractivity contribution is -0.132. The topological polar surface area (TPSA) is 80.9 Å². The van der Waals surface area contributed by atoms with Gasteiger partial charge >= 0.3 is 0 Å². The molecule has 1 amide bonds. The second-order valence-electron chi connectivity index (χ2n) is 6.53. The van der Waals surface area contributed by atoms with Gasteiger partial charge in [0, 0.05) is 26.2 Å². The van der Waals surface area contributed by atoms with Crippen molar-refractivity contribution in [2.75, 3.05) is 31.1 Å². The van der Waals surface area contributed by atoms with Gasteiger partial charge in [-0.3, -0.25) is 14.5 Å². The molecule has 0 saturated carbocycles. The van der Waals surface area contributed by atoms with Gasteiger partial charge in [-0.1, -0.05) is 12.1 Å². The fraction of sp³-hybridized carbons (Fsp3) is 0.263. The summed E-state index contributed by atoms with van der Waals surface area (Å²) in [6.07, 6.45) is 0. The lowest BCUT2D eigenvalue weighted by atomic mass is 10.1. The first-order valence-corrected chi connectivity index (χ1v) is 10.3. The number of nitrogens with one attached hydrogen (secondary N) is 1. The van der Waals surface area contributed by atoms with E-state index in [1.807, 2.05) is 28.5 Å². The van der Waals surface area contributed by atoms with Crippen LogP contribution < -0.4 is 4.90 Å². The first-order valence-electron chi connectivity index (χ1n) is 8.99. The van der Waals surface area contributed by atoms with E-state index in [0.717, 1.165) is 4.88 Å². The number of aromatic amines is 1. The highest BCUT2D eigenvalue weighted by atomic mass is 32.1. The van der Waals surface area contributed by atoms with Crippen molar-refractivity contribution in [2.24, 2.45) is 0 Å². The van der Waals surface area contributed by atoms with E-state index in [2.05, 4.69) is 10.2 Å². The maximum absolute atomic E-state index is 13.9. The van der Waals surface area contributed by atoms with E-state index in [9.17, 15) is 14.4 Å². The monoisotopic (exact) mass is 428 g/mol. The number of nitriles is 1. The van der Waals surface area contributed by atoms with Gasteiger partial charge in [-0.05, 0) is 35.8 Å². The van der Waals surface area contributed by atoms with Gasteiger partial charge in [0.05, 0.1) is 10.6 Å². The quantitative estimate of drug-likeness (QED) is 0.646. The van der Waals surface area contributed by atoms with Crippen LogP contribution in [0.5, 0.6) is 0 Å². The minimum Gasteiger partial charge on any atom is -0.367 e. The predicted octanol–water partition coefficient (Wildman–Crippen LogP) is 3.03. The highest BCUT2D eigenvalue weighted by molar-refractivity contribution is 7.71. The molecule has 0 spiro atoms. The number of hydrogen-bond acceptors (Lipinski definition) is 6. The van der Waals surface area contributed by atoms with E-state index in [-0.39, 0.29) is 18.0 Å². The summed E-state index contributed by atoms with van der Waals surface area (Å²) >= 11 is 6.82. The summed E-state index contributed by atoms with van der Waals surface area (Å²) in [7, 11) is 0. The van der Waals surface area contributed by atoms with E-state index in [1.165, 1.54) is 17.4 Å². The fourth-order valence-corrected chi connectivity index (χ4v) is 4.30. The molecule has 0 radical (unpaired) electrons. The molecule has 0 bridgehead atoms. The van der Waals surface area contributed by atoms with Gasteiger partial charge in [0.2, 0.25) is 5.91 Å². The molecule has 3 aromatic rings. The predicted molar refractivity (Wildman–Crippen MR) is 111 cm³/mol. The molecule has 29 heavy (non-hydrogen) atoms. The molecule has 148 valence electrons. The summed E-state index contributed by atoms with van der Waals surface area (Å²) in [5.74, 6) is 0.0639. The van der Waals surface area contributed by atoms with Crippen LogP contribution in [-0.2, 0) is 11.3 Å². The van der Waals surface area contributed by atoms with Crippen molar-refractivity contribution in [1.82, 2.24) is 19.7 Å². The Bertz CT molecular complexity index is 1120. The summed E-state index contributed by atoms with van der Waals surface area (Å²) in [6, 6.07) is 10.4. The average molecular weight is 429 g/mol. The number of piperazine rings is 1. The van der Waals surface area contributed by atoms with Gasteiger partial charge in [-0.15, -0.1) is 11.3 Å². The van der Waals surface area contributed by atoms with E-state index in [1.54, 1.807) is 21.6 Å². The molecule has 1 aliphatic heterocycles. The van der Waals surface area contributed by atoms with Crippen molar-refractivity contribution in [3.05, 3.63) is 51.9 Å². The third kappa shape index (κ3) is 3.79. The summed E-state index contributed by atoms with van der Waals surface area (Å²) in [5, 5.41) is 18.2. The van der Waals surface area contributed by atoms with Crippen molar-refractivity contribution >= 4 is 35.1 Å². The zero-order valence-electron chi connectivity index (χ0n) is 15.3. The number of nitrogens with zero attached hydrogens (tertiary/aromatic N) is 5. The third-order valence-electron chi connectivity index (χ3n) is 4.87. The molecule has 4 rings (SSSR count). The Hall–Kier alpha value is -3.03. The minimum absolute atomic E-state index is 0.0394. The number of halogens is 1. The van der Waals surface area contributed by atoms with Gasteiger partial charge in [-0.25, -0.2) is 4.39 Å². The van der Waals surface area contributed by atoms with Gasteiger partial charge < -0.3 is 9.80 Å². The van der Waals surface area contributed by atoms with Crippen LogP contribution in [0.1, 0.15) is 5.56 Å². The van der Waals surface area contributed by atoms with Crippen LogP contribution in [-0.4, -0.2) is 51.8 Å². The molecule has 0 atom stereocenters. The van der Waals surface area contributed by atoms with E-state index < -0.39 is 5.82 Å². The Balaban J connectivity index is 1.45. The summed E-state index contributed by atoms with van der Waals surface area (Å²) in [6.45, 7) is 2.13. The van der Waals surface area contributed by atoms with Gasteiger partial charge in [0.15, 0.2) is 10.6 Å². The molecule has 10 heteroatoms. The van der Waals surface area contributed by atoms with Crippen LogP contribution >= 0.6 is 23.6 Å². The molecule has 2 aromatic heterocycles. The Morgan fingerprint density at radius 3 is 2.76 bits per heavy atom. The van der Waals surface area contributed by atoms with E-state index in [0.29, 0.717) is 42.5 Å². The van der Waals surface area contributed by atoms with Gasteiger partial charge in [0.25, 0.3) is 0 Å². The summed E-state index contributed by atoms with van der Waals surface area (Å²) in [4.78, 5) is 17.5. The molecule has 1 aliphatic rings. The zero-order chi connectivity index (χ0) is 20.4. The number of amides is 1. The van der Waals surface area contributed by atoms with Gasteiger partial charge in [0.1, 0.15) is 24.0 Å². The number of rotatable bonds is 4. The van der Waals surface area contributed by atoms with Crippen LogP contribution in [0, 0.1) is 21.9 Å². The highest BCUT2D eigenvalue weighted by Gasteiger charge is 2.24. The van der Waals surface area contributed by atoms with Crippen molar-refractivity contribution in [2.45, 2.75) is 6.54 Å². The van der Waals surface area contributed by atoms with Gasteiger partial charge in [-0.2, -0.15) is 10.4 Å². The molecule has 0 unspecified atom stereocenters. The number of benzene rings is 1. The second-order valence-corrected chi connectivity index (χ2v) is 7.86. The first kappa shape index (κ1) is 19.3. The van der Waals surface area contributed by atoms with Crippen molar-refractivity contribution in [3.63, 3.8) is 0 Å². The molecule has 1 aromatic carbocycles. The third-order valence-corrected chi connectivity index (χ3v) is 6.05. The lowest BCUT2D eigenvalue weighted by Gasteiger charge is -2.36. The normalized spacial score (nSPS) is 14.1. The zero-order valence-corrected chi connectivity index (χ0v) is 17.0. The molecule has 1 N–H and O–H groups in total. The minimum atomic E-state index is -0.529. The Labute approximate surface area is 175 Å². The molecule has 7 nitrogen and oxygen atoms in total. The standard InChI is InChI=1S/C19H17FN6OS2/c20-14-3-1-4-15(13(14)11-21)24-6-8-25(9-7-24)17(27)12-26-18(22-23-19(26)28)16-5-2-10-29-16/h1-5,10H,6-9,12H2,(H,23,28). The number of carbonyl (C=O) groups excluding carboxylic acids is 1. The van der Waals surface area contributed by atoms with Crippen molar-refractivity contribution < 1.29 is 9.18 Å². The van der Waals surface area contributed by atoms with Crippen LogP contribution in [0.2, 0.25) is 0 Å². The molecule has 1 saturated heterocycles. The Morgan fingerprint density at radius 2 is 2.07 bits per heavy atom. The maximum atomic E-state index is 13.9. The summed E-state index contributed by atoms with van der Waals surface area (Å²) < 4.78 is 16.0. The Kier molecular flexibility index (Phi) is 5.42. The number of anilines is 1. The second kappa shape index (κ2) is 8.14. The van der Waals surface area contributed by atoms with Crippen molar-refractivity contribution in [3.8, 4) is 16.8 Å². The van der Waals surface area contributed by atoms with Crippen molar-refractivity contribution in [1.29, 1.82) is 5.26 Å². The van der Waals surface area contributed by atoms with Crippen LogP contribution in [0.4, 0.5) is 10.1 Å². The highest BCUT2D eigenvalue weighted by Crippen LogP contribution is 2.25. The molecular formula is C19H17FN6OS2. The van der Waals surface area contributed by atoms with E-state index >= 15 is 0 Å². The molecule has 1 fully saturated rings.